The summed E-state index contributed by atoms with van der Waals surface area (Å²) in [5.74, 6) is 1.37. The zero-order chi connectivity index (χ0) is 22.8. The van der Waals surface area contributed by atoms with E-state index in [1.165, 1.54) is 0 Å². The monoisotopic (exact) mass is 451 g/mol. The Balaban J connectivity index is 1.26. The lowest BCUT2D eigenvalue weighted by atomic mass is 9.82. The van der Waals surface area contributed by atoms with Gasteiger partial charge in [0.15, 0.2) is 6.61 Å². The normalized spacial score (nSPS) is 21.8. The minimum Gasteiger partial charge on any atom is -0.497 e. The zero-order valence-corrected chi connectivity index (χ0v) is 18.8. The first-order valence-electron chi connectivity index (χ1n) is 11.3. The van der Waals surface area contributed by atoms with Gasteiger partial charge in [0.25, 0.3) is 11.8 Å². The number of rotatable bonds is 5. The minimum atomic E-state index is -0.239. The number of piperazine rings is 1. The number of ether oxygens (including phenoxy) is 3. The van der Waals surface area contributed by atoms with Crippen molar-refractivity contribution in [2.24, 2.45) is 0 Å². The summed E-state index contributed by atoms with van der Waals surface area (Å²) in [6, 6.07) is 16.7. The molecule has 0 aromatic heterocycles. The number of nitrogens with zero attached hydrogens (tertiary/aromatic N) is 3. The SMILES string of the molecule is COc1ccc(C(=O)N2CC3COCCN3C3(CN(C(=O)COc4ccccc4)C3)C2)cc1. The largest absolute Gasteiger partial charge is 0.497 e. The molecular formula is C25H29N3O5. The van der Waals surface area contributed by atoms with Gasteiger partial charge in [-0.25, -0.2) is 0 Å². The van der Waals surface area contributed by atoms with E-state index >= 15 is 0 Å². The average molecular weight is 452 g/mol. The van der Waals surface area contributed by atoms with E-state index in [1.807, 2.05) is 40.1 Å². The maximum atomic E-state index is 13.3. The first-order chi connectivity index (χ1) is 16.1. The molecule has 0 saturated carbocycles. The quantitative estimate of drug-likeness (QED) is 0.687. The van der Waals surface area contributed by atoms with Crippen LogP contribution in [-0.2, 0) is 9.53 Å². The standard InChI is InChI=1S/C25H29N3O5/c1-31-21-9-7-19(8-10-21)24(30)26-13-20-14-32-12-11-28(20)25(16-26)17-27(18-25)23(29)15-33-22-5-3-2-4-6-22/h2-10,20H,11-18H2,1H3. The molecule has 3 heterocycles. The van der Waals surface area contributed by atoms with Crippen molar-refractivity contribution in [2.75, 3.05) is 59.7 Å². The van der Waals surface area contributed by atoms with Gasteiger partial charge >= 0.3 is 0 Å². The van der Waals surface area contributed by atoms with E-state index in [9.17, 15) is 9.59 Å². The highest BCUT2D eigenvalue weighted by molar-refractivity contribution is 5.94. The van der Waals surface area contributed by atoms with E-state index in [-0.39, 0.29) is 30.0 Å². The van der Waals surface area contributed by atoms with Crippen molar-refractivity contribution in [3.63, 3.8) is 0 Å². The van der Waals surface area contributed by atoms with Crippen molar-refractivity contribution in [3.05, 3.63) is 60.2 Å². The van der Waals surface area contributed by atoms with E-state index in [2.05, 4.69) is 4.90 Å². The molecule has 3 saturated heterocycles. The highest BCUT2D eigenvalue weighted by Gasteiger charge is 2.56. The third-order valence-corrected chi connectivity index (χ3v) is 6.81. The van der Waals surface area contributed by atoms with Crippen LogP contribution in [0.25, 0.3) is 0 Å². The highest BCUT2D eigenvalue weighted by atomic mass is 16.5. The number of fused-ring (bicyclic) bond motifs is 2. The number of carbonyl (C=O) groups is 2. The second-order valence-electron chi connectivity index (χ2n) is 8.91. The molecule has 2 aromatic carbocycles. The van der Waals surface area contributed by atoms with Gasteiger partial charge in [0.2, 0.25) is 0 Å². The number of amides is 2. The van der Waals surface area contributed by atoms with Crippen LogP contribution in [0.4, 0.5) is 0 Å². The number of morpholine rings is 1. The predicted octanol–water partition coefficient (Wildman–Crippen LogP) is 1.51. The third-order valence-electron chi connectivity index (χ3n) is 6.81. The number of hydrogen-bond donors (Lipinski definition) is 0. The van der Waals surface area contributed by atoms with E-state index in [1.54, 1.807) is 31.4 Å². The maximum absolute atomic E-state index is 13.3. The minimum absolute atomic E-state index is 0.000519. The number of benzene rings is 2. The fraction of sp³-hybridized carbons (Fsp3) is 0.440. The van der Waals surface area contributed by atoms with E-state index in [4.69, 9.17) is 14.2 Å². The van der Waals surface area contributed by atoms with E-state index < -0.39 is 0 Å². The Hall–Kier alpha value is -3.10. The first kappa shape index (κ1) is 21.7. The van der Waals surface area contributed by atoms with Crippen LogP contribution in [0, 0.1) is 0 Å². The van der Waals surface area contributed by atoms with Crippen LogP contribution in [0.15, 0.2) is 54.6 Å². The molecule has 3 fully saturated rings. The molecule has 3 aliphatic rings. The summed E-state index contributed by atoms with van der Waals surface area (Å²) in [4.78, 5) is 32.3. The van der Waals surface area contributed by atoms with E-state index in [0.29, 0.717) is 50.7 Å². The van der Waals surface area contributed by atoms with Crippen LogP contribution >= 0.6 is 0 Å². The van der Waals surface area contributed by atoms with Crippen molar-refractivity contribution in [2.45, 2.75) is 11.6 Å². The average Bonchev–Trinajstić information content (AvgIpc) is 2.85. The lowest BCUT2D eigenvalue weighted by molar-refractivity contribution is -0.173. The number of methoxy groups -OCH3 is 1. The topological polar surface area (TPSA) is 71.5 Å². The summed E-state index contributed by atoms with van der Waals surface area (Å²) < 4.78 is 16.6. The maximum Gasteiger partial charge on any atom is 0.260 e. The van der Waals surface area contributed by atoms with Crippen LogP contribution < -0.4 is 9.47 Å². The molecule has 3 aliphatic heterocycles. The second kappa shape index (κ2) is 9.03. The van der Waals surface area contributed by atoms with Gasteiger partial charge in [-0.1, -0.05) is 18.2 Å². The summed E-state index contributed by atoms with van der Waals surface area (Å²) in [5, 5.41) is 0. The molecule has 0 aliphatic carbocycles. The Labute approximate surface area is 193 Å². The van der Waals surface area contributed by atoms with Crippen LogP contribution in [0.2, 0.25) is 0 Å². The predicted molar refractivity (Wildman–Crippen MR) is 121 cm³/mol. The van der Waals surface area contributed by atoms with Gasteiger partial charge in [0.1, 0.15) is 11.5 Å². The van der Waals surface area contributed by atoms with Gasteiger partial charge in [0, 0.05) is 38.3 Å². The Morgan fingerprint density at radius 2 is 1.73 bits per heavy atom. The molecule has 33 heavy (non-hydrogen) atoms. The van der Waals surface area contributed by atoms with Gasteiger partial charge in [0.05, 0.1) is 31.9 Å². The number of carbonyl (C=O) groups excluding carboxylic acids is 2. The second-order valence-corrected chi connectivity index (χ2v) is 8.91. The number of hydrogen-bond acceptors (Lipinski definition) is 6. The van der Waals surface area contributed by atoms with Gasteiger partial charge in [-0.05, 0) is 36.4 Å². The van der Waals surface area contributed by atoms with Gasteiger partial charge in [-0.2, -0.15) is 0 Å². The summed E-state index contributed by atoms with van der Waals surface area (Å²) >= 11 is 0. The molecular weight excluding hydrogens is 422 g/mol. The molecule has 8 heteroatoms. The lowest BCUT2D eigenvalue weighted by Gasteiger charge is -2.63. The van der Waals surface area contributed by atoms with Crippen molar-refractivity contribution < 1.29 is 23.8 Å². The van der Waals surface area contributed by atoms with Crippen molar-refractivity contribution in [1.82, 2.24) is 14.7 Å². The Kier molecular flexibility index (Phi) is 5.95. The lowest BCUT2D eigenvalue weighted by Crippen LogP contribution is -2.81. The van der Waals surface area contributed by atoms with Crippen LogP contribution in [-0.4, -0.2) is 97.7 Å². The molecule has 0 radical (unpaired) electrons. The summed E-state index contributed by atoms with van der Waals surface area (Å²) in [6.07, 6.45) is 0. The molecule has 174 valence electrons. The molecule has 2 amide bonds. The van der Waals surface area contributed by atoms with Gasteiger partial charge in [-0.3, -0.25) is 14.5 Å². The Morgan fingerprint density at radius 1 is 1.00 bits per heavy atom. The van der Waals surface area contributed by atoms with Crippen molar-refractivity contribution in [3.8, 4) is 11.5 Å². The van der Waals surface area contributed by atoms with Crippen LogP contribution in [0.5, 0.6) is 11.5 Å². The molecule has 5 rings (SSSR count). The number of para-hydroxylation sites is 1. The highest BCUT2D eigenvalue weighted by Crippen LogP contribution is 2.36. The fourth-order valence-electron chi connectivity index (χ4n) is 5.14. The molecule has 1 atom stereocenters. The molecule has 0 N–H and O–H groups in total. The van der Waals surface area contributed by atoms with Crippen molar-refractivity contribution in [1.29, 1.82) is 0 Å². The molecule has 8 nitrogen and oxygen atoms in total. The smallest absolute Gasteiger partial charge is 0.260 e. The summed E-state index contributed by atoms with van der Waals surface area (Å²) in [7, 11) is 1.61. The van der Waals surface area contributed by atoms with E-state index in [0.717, 1.165) is 12.3 Å². The number of likely N-dealkylation sites (tertiary alicyclic amines) is 1. The zero-order valence-electron chi connectivity index (χ0n) is 18.8. The third kappa shape index (κ3) is 4.28. The first-order valence-corrected chi connectivity index (χ1v) is 11.3. The molecule has 1 unspecified atom stereocenters. The summed E-state index contributed by atoms with van der Waals surface area (Å²) in [5.41, 5.74) is 0.400. The molecule has 2 aromatic rings. The van der Waals surface area contributed by atoms with Gasteiger partial charge < -0.3 is 24.0 Å². The molecule has 0 bridgehead atoms. The molecule has 1 spiro atoms. The van der Waals surface area contributed by atoms with Gasteiger partial charge in [-0.15, -0.1) is 0 Å². The van der Waals surface area contributed by atoms with Crippen LogP contribution in [0.1, 0.15) is 10.4 Å². The fourth-order valence-corrected chi connectivity index (χ4v) is 5.14. The summed E-state index contributed by atoms with van der Waals surface area (Å²) in [6.45, 7) is 4.50. The Bertz CT molecular complexity index is 991. The Morgan fingerprint density at radius 3 is 2.45 bits per heavy atom. The van der Waals surface area contributed by atoms with Crippen molar-refractivity contribution >= 4 is 11.8 Å². The van der Waals surface area contributed by atoms with Crippen LogP contribution in [0.3, 0.4) is 0 Å².